The van der Waals surface area contributed by atoms with Crippen molar-refractivity contribution in [1.29, 1.82) is 0 Å². The molecular weight excluding hydrogens is 230 g/mol. The van der Waals surface area contributed by atoms with Crippen molar-refractivity contribution in [3.05, 3.63) is 0 Å². The zero-order chi connectivity index (χ0) is 12.7. The van der Waals surface area contributed by atoms with E-state index in [9.17, 15) is 13.6 Å². The molecule has 0 spiro atoms. The molecule has 1 saturated heterocycles. The molecule has 0 radical (unpaired) electrons. The van der Waals surface area contributed by atoms with Crippen molar-refractivity contribution in [2.45, 2.75) is 31.6 Å². The molecule has 1 amide bonds. The maximum atomic E-state index is 12.7. The molecular formula is C11H20F2N2O2. The molecule has 1 fully saturated rings. The number of hydrogen-bond acceptors (Lipinski definition) is 3. The van der Waals surface area contributed by atoms with Crippen molar-refractivity contribution in [2.24, 2.45) is 0 Å². The molecule has 0 aromatic rings. The quantitative estimate of drug-likeness (QED) is 0.751. The Hall–Kier alpha value is -0.750. The van der Waals surface area contributed by atoms with Crippen LogP contribution in [0.4, 0.5) is 8.78 Å². The molecule has 0 aliphatic carbocycles. The van der Waals surface area contributed by atoms with Gasteiger partial charge >= 0.3 is 0 Å². The monoisotopic (exact) mass is 250 g/mol. The SMILES string of the molecule is O=C(CNCC(F)(F)CO)N1CCCCCC1. The average molecular weight is 250 g/mol. The molecule has 100 valence electrons. The largest absolute Gasteiger partial charge is 0.390 e. The minimum absolute atomic E-state index is 0.0877. The summed E-state index contributed by atoms with van der Waals surface area (Å²) in [6.45, 7) is -0.510. The van der Waals surface area contributed by atoms with E-state index < -0.39 is 19.1 Å². The normalized spacial score (nSPS) is 17.9. The lowest BCUT2D eigenvalue weighted by atomic mass is 10.2. The van der Waals surface area contributed by atoms with E-state index in [1.54, 1.807) is 4.90 Å². The van der Waals surface area contributed by atoms with Gasteiger partial charge in [-0.15, -0.1) is 0 Å². The van der Waals surface area contributed by atoms with Crippen LogP contribution in [0.15, 0.2) is 0 Å². The number of aliphatic hydroxyl groups is 1. The molecule has 4 nitrogen and oxygen atoms in total. The Morgan fingerprint density at radius 3 is 2.35 bits per heavy atom. The van der Waals surface area contributed by atoms with Crippen molar-refractivity contribution in [3.8, 4) is 0 Å². The maximum absolute atomic E-state index is 12.7. The van der Waals surface area contributed by atoms with Crippen LogP contribution in [0.2, 0.25) is 0 Å². The smallest absolute Gasteiger partial charge is 0.282 e. The van der Waals surface area contributed by atoms with Crippen molar-refractivity contribution < 1.29 is 18.7 Å². The second kappa shape index (κ2) is 6.86. The molecule has 0 unspecified atom stereocenters. The first-order chi connectivity index (χ1) is 8.05. The molecule has 0 atom stereocenters. The molecule has 1 heterocycles. The van der Waals surface area contributed by atoms with Gasteiger partial charge in [-0.3, -0.25) is 4.79 Å². The average Bonchev–Trinajstić information content (AvgIpc) is 2.57. The number of likely N-dealkylation sites (tertiary alicyclic amines) is 1. The highest BCUT2D eigenvalue weighted by Crippen LogP contribution is 2.11. The molecule has 0 aromatic heterocycles. The summed E-state index contributed by atoms with van der Waals surface area (Å²) in [7, 11) is 0. The predicted octanol–water partition coefficient (Wildman–Crippen LogP) is 0.606. The Morgan fingerprint density at radius 2 is 1.82 bits per heavy atom. The zero-order valence-electron chi connectivity index (χ0n) is 9.92. The van der Waals surface area contributed by atoms with E-state index in [-0.39, 0.29) is 12.5 Å². The summed E-state index contributed by atoms with van der Waals surface area (Å²) >= 11 is 0. The highest BCUT2D eigenvalue weighted by molar-refractivity contribution is 5.78. The number of aliphatic hydroxyl groups excluding tert-OH is 1. The Balaban J connectivity index is 2.24. The second-order valence-corrected chi connectivity index (χ2v) is 4.41. The number of nitrogens with zero attached hydrogens (tertiary/aromatic N) is 1. The Bertz CT molecular complexity index is 242. The third-order valence-corrected chi connectivity index (χ3v) is 2.85. The minimum Gasteiger partial charge on any atom is -0.390 e. The number of hydrogen-bond donors (Lipinski definition) is 2. The number of alkyl halides is 2. The molecule has 0 bridgehead atoms. The number of carbonyl (C=O) groups is 1. The van der Waals surface area contributed by atoms with Gasteiger partial charge in [-0.25, -0.2) is 8.78 Å². The van der Waals surface area contributed by atoms with Crippen LogP contribution in [0.3, 0.4) is 0 Å². The summed E-state index contributed by atoms with van der Waals surface area (Å²) < 4.78 is 25.3. The van der Waals surface area contributed by atoms with Gasteiger partial charge in [0.05, 0.1) is 13.1 Å². The summed E-state index contributed by atoms with van der Waals surface area (Å²) in [6.07, 6.45) is 4.22. The summed E-state index contributed by atoms with van der Waals surface area (Å²) in [5.74, 6) is -3.29. The van der Waals surface area contributed by atoms with Crippen molar-refractivity contribution in [2.75, 3.05) is 32.8 Å². The van der Waals surface area contributed by atoms with Crippen molar-refractivity contribution >= 4 is 5.91 Å². The number of nitrogens with one attached hydrogen (secondary N) is 1. The van der Waals surface area contributed by atoms with E-state index in [4.69, 9.17) is 5.11 Å². The minimum atomic E-state index is -3.15. The first kappa shape index (κ1) is 14.3. The van der Waals surface area contributed by atoms with E-state index in [1.807, 2.05) is 0 Å². The highest BCUT2D eigenvalue weighted by atomic mass is 19.3. The van der Waals surface area contributed by atoms with Gasteiger partial charge in [0.1, 0.15) is 6.61 Å². The predicted molar refractivity (Wildman–Crippen MR) is 60.0 cm³/mol. The summed E-state index contributed by atoms with van der Waals surface area (Å²) in [4.78, 5) is 13.4. The summed E-state index contributed by atoms with van der Waals surface area (Å²) in [6, 6.07) is 0. The van der Waals surface area contributed by atoms with Gasteiger partial charge in [-0.1, -0.05) is 12.8 Å². The van der Waals surface area contributed by atoms with Crippen LogP contribution in [-0.2, 0) is 4.79 Å². The fraction of sp³-hybridized carbons (Fsp3) is 0.909. The van der Waals surface area contributed by atoms with Crippen LogP contribution in [0.5, 0.6) is 0 Å². The second-order valence-electron chi connectivity index (χ2n) is 4.41. The van der Waals surface area contributed by atoms with Gasteiger partial charge in [0.15, 0.2) is 0 Å². The molecule has 2 N–H and O–H groups in total. The lowest BCUT2D eigenvalue weighted by Gasteiger charge is -2.21. The lowest BCUT2D eigenvalue weighted by Crippen LogP contribution is -2.43. The van der Waals surface area contributed by atoms with Gasteiger partial charge in [-0.05, 0) is 12.8 Å². The Morgan fingerprint density at radius 1 is 1.24 bits per heavy atom. The van der Waals surface area contributed by atoms with Crippen LogP contribution in [-0.4, -0.2) is 54.6 Å². The van der Waals surface area contributed by atoms with Crippen molar-refractivity contribution in [1.82, 2.24) is 10.2 Å². The van der Waals surface area contributed by atoms with Gasteiger partial charge in [0.25, 0.3) is 5.92 Å². The van der Waals surface area contributed by atoms with E-state index >= 15 is 0 Å². The Labute approximate surface area is 100.0 Å². The van der Waals surface area contributed by atoms with Crippen LogP contribution < -0.4 is 5.32 Å². The fourth-order valence-electron chi connectivity index (χ4n) is 1.84. The summed E-state index contributed by atoms with van der Waals surface area (Å²) in [5.41, 5.74) is 0. The van der Waals surface area contributed by atoms with Gasteiger partial charge in [0, 0.05) is 13.1 Å². The van der Waals surface area contributed by atoms with E-state index in [0.29, 0.717) is 0 Å². The highest BCUT2D eigenvalue weighted by Gasteiger charge is 2.27. The van der Waals surface area contributed by atoms with Crippen LogP contribution in [0.25, 0.3) is 0 Å². The van der Waals surface area contributed by atoms with Crippen LogP contribution in [0, 0.1) is 0 Å². The standard InChI is InChI=1S/C11H20F2N2O2/c12-11(13,9-16)8-14-7-10(17)15-5-3-1-2-4-6-15/h14,16H,1-9H2. The molecule has 1 aliphatic rings. The molecule has 0 aromatic carbocycles. The first-order valence-electron chi connectivity index (χ1n) is 6.02. The number of carbonyl (C=O) groups excluding carboxylic acids is 1. The molecule has 1 rings (SSSR count). The fourth-order valence-corrected chi connectivity index (χ4v) is 1.84. The van der Waals surface area contributed by atoms with Gasteiger partial charge < -0.3 is 15.3 Å². The van der Waals surface area contributed by atoms with Crippen LogP contribution in [0.1, 0.15) is 25.7 Å². The van der Waals surface area contributed by atoms with Gasteiger partial charge in [-0.2, -0.15) is 0 Å². The number of rotatable bonds is 5. The van der Waals surface area contributed by atoms with E-state index in [2.05, 4.69) is 5.32 Å². The molecule has 1 aliphatic heterocycles. The lowest BCUT2D eigenvalue weighted by molar-refractivity contribution is -0.130. The maximum Gasteiger partial charge on any atom is 0.282 e. The van der Waals surface area contributed by atoms with Crippen molar-refractivity contribution in [3.63, 3.8) is 0 Å². The van der Waals surface area contributed by atoms with Gasteiger partial charge in [0.2, 0.25) is 5.91 Å². The zero-order valence-corrected chi connectivity index (χ0v) is 9.92. The third kappa shape index (κ3) is 5.41. The molecule has 6 heteroatoms. The third-order valence-electron chi connectivity index (χ3n) is 2.85. The number of halogens is 2. The topological polar surface area (TPSA) is 52.6 Å². The molecule has 0 saturated carbocycles. The first-order valence-corrected chi connectivity index (χ1v) is 6.02. The van der Waals surface area contributed by atoms with E-state index in [1.165, 1.54) is 0 Å². The van der Waals surface area contributed by atoms with Crippen LogP contribution >= 0.6 is 0 Å². The Kier molecular flexibility index (Phi) is 5.77. The molecule has 17 heavy (non-hydrogen) atoms. The summed E-state index contributed by atoms with van der Waals surface area (Å²) in [5, 5.41) is 10.8. The van der Waals surface area contributed by atoms with E-state index in [0.717, 1.165) is 38.8 Å². The number of amides is 1.